The molecule has 0 bridgehead atoms. The zero-order chi connectivity index (χ0) is 34.8. The number of fused-ring (bicyclic) bond motifs is 1. The lowest BCUT2D eigenvalue weighted by Crippen LogP contribution is -2.60. The third kappa shape index (κ3) is 7.53. The van der Waals surface area contributed by atoms with Crippen molar-refractivity contribution in [3.63, 3.8) is 0 Å². The maximum atomic E-state index is 14.0. The summed E-state index contributed by atoms with van der Waals surface area (Å²) in [5, 5.41) is 9.99. The third-order valence-corrected chi connectivity index (χ3v) is 12.8. The number of hydrogen-bond donors (Lipinski definition) is 0. The number of carbonyl (C=O) groups excluding carboxylic acids is 3. The molecule has 2 aliphatic carbocycles. The maximum Gasteiger partial charge on any atom is 0.312 e. The molecule has 0 spiro atoms. The number of carbonyl (C=O) groups is 3. The molecule has 0 aliphatic heterocycles. The quantitative estimate of drug-likeness (QED) is 0.191. The molecule has 0 radical (unpaired) electrons. The molecule has 46 heavy (non-hydrogen) atoms. The summed E-state index contributed by atoms with van der Waals surface area (Å²) in [6.07, 6.45) is 9.42. The van der Waals surface area contributed by atoms with Crippen molar-refractivity contribution in [3.8, 4) is 6.07 Å². The Morgan fingerprint density at radius 1 is 0.957 bits per heavy atom. The molecule has 5 heteroatoms. The molecule has 0 heterocycles. The lowest BCUT2D eigenvalue weighted by atomic mass is 9.39. The second-order valence-electron chi connectivity index (χ2n) is 17.5. The summed E-state index contributed by atoms with van der Waals surface area (Å²) in [5.74, 6) is -0.117. The summed E-state index contributed by atoms with van der Waals surface area (Å²) in [7, 11) is 0. The molecule has 1 fully saturated rings. The van der Waals surface area contributed by atoms with Gasteiger partial charge in [0.1, 0.15) is 18.5 Å². The van der Waals surface area contributed by atoms with E-state index >= 15 is 0 Å². The largest absolute Gasteiger partial charge is 0.460 e. The van der Waals surface area contributed by atoms with Gasteiger partial charge in [-0.1, -0.05) is 105 Å². The van der Waals surface area contributed by atoms with Gasteiger partial charge in [-0.15, -0.1) is 0 Å². The fourth-order valence-electron chi connectivity index (χ4n) is 9.22. The Hall–Kier alpha value is -2.74. The fourth-order valence-corrected chi connectivity index (χ4v) is 9.22. The van der Waals surface area contributed by atoms with E-state index in [0.29, 0.717) is 12.8 Å². The van der Waals surface area contributed by atoms with Crippen LogP contribution in [0, 0.1) is 55.7 Å². The normalized spacial score (nSPS) is 27.5. The zero-order valence-electron chi connectivity index (χ0n) is 30.8. The van der Waals surface area contributed by atoms with Crippen molar-refractivity contribution in [2.24, 2.45) is 44.3 Å². The minimum Gasteiger partial charge on any atom is -0.460 e. The highest BCUT2D eigenvalue weighted by Crippen LogP contribution is 2.68. The lowest BCUT2D eigenvalue weighted by molar-refractivity contribution is -0.162. The van der Waals surface area contributed by atoms with Gasteiger partial charge in [-0.05, 0) is 97.9 Å². The van der Waals surface area contributed by atoms with Crippen LogP contribution >= 0.6 is 0 Å². The van der Waals surface area contributed by atoms with Gasteiger partial charge in [0.25, 0.3) is 0 Å². The minimum atomic E-state index is -0.679. The van der Waals surface area contributed by atoms with E-state index < -0.39 is 16.2 Å². The summed E-state index contributed by atoms with van der Waals surface area (Å²) in [6, 6.07) is 12.1. The molecule has 0 saturated heterocycles. The van der Waals surface area contributed by atoms with Crippen LogP contribution in [0.3, 0.4) is 0 Å². The molecule has 254 valence electrons. The van der Waals surface area contributed by atoms with Crippen molar-refractivity contribution < 1.29 is 19.1 Å². The Bertz CT molecular complexity index is 1350. The van der Waals surface area contributed by atoms with Gasteiger partial charge in [0.2, 0.25) is 0 Å². The van der Waals surface area contributed by atoms with Crippen LogP contribution in [-0.4, -0.2) is 17.5 Å². The van der Waals surface area contributed by atoms with E-state index in [0.717, 1.165) is 50.5 Å². The molecule has 3 rings (SSSR count). The number of nitrogens with zero attached hydrogens (tertiary/aromatic N) is 1. The Morgan fingerprint density at radius 3 is 2.13 bits per heavy atom. The number of esters is 1. The molecular formula is C41H61NO4. The number of ether oxygens (including phenoxy) is 1. The van der Waals surface area contributed by atoms with Gasteiger partial charge in [0, 0.05) is 11.8 Å². The molecular weight excluding hydrogens is 570 g/mol. The van der Waals surface area contributed by atoms with Crippen molar-refractivity contribution in [1.29, 1.82) is 5.26 Å². The van der Waals surface area contributed by atoms with Crippen molar-refractivity contribution in [1.82, 2.24) is 0 Å². The van der Waals surface area contributed by atoms with Crippen LogP contribution in [0.1, 0.15) is 140 Å². The van der Waals surface area contributed by atoms with Crippen molar-refractivity contribution in [3.05, 3.63) is 47.5 Å². The van der Waals surface area contributed by atoms with Crippen molar-refractivity contribution >= 4 is 17.5 Å². The standard InChI is InChI=1S/C41H61NO4/c1-12-19-36(3,4)21-23-39(9,35(45)46-28-30-16-14-13-15-17-30)24-22-37(5,6)41(11)20-18-32-38(7,8)34(44)31(27-42)26-40(32,10)33(41)25-29(2)43/h13-17,26,32-33H,12,18-25,28H2,1-11H3/t32-,33+,39-,40-,41+/m0/s1. The summed E-state index contributed by atoms with van der Waals surface area (Å²) in [4.78, 5) is 40.3. The molecule has 0 aromatic heterocycles. The number of rotatable bonds is 14. The van der Waals surface area contributed by atoms with Gasteiger partial charge in [0.05, 0.1) is 11.0 Å². The molecule has 2 aliphatic rings. The number of nitriles is 1. The SMILES string of the molecule is CCCC(C)(C)CC[C@@](C)(CCC(C)(C)[C@]1(C)CC[C@H]2C(C)(C)C(=O)C(C#N)=C[C@]2(C)[C@H]1CC(C)=O)C(=O)OCc1ccccc1. The first-order chi connectivity index (χ1) is 21.2. The van der Waals surface area contributed by atoms with Crippen molar-refractivity contribution in [2.45, 2.75) is 141 Å². The van der Waals surface area contributed by atoms with E-state index in [1.54, 1.807) is 6.92 Å². The monoisotopic (exact) mass is 631 g/mol. The first kappa shape index (κ1) is 37.7. The van der Waals surface area contributed by atoms with Crippen LogP contribution in [0.4, 0.5) is 0 Å². The number of allylic oxidation sites excluding steroid dienone is 2. The molecule has 1 aromatic rings. The van der Waals surface area contributed by atoms with Gasteiger partial charge >= 0.3 is 5.97 Å². The van der Waals surface area contributed by atoms with Gasteiger partial charge in [-0.2, -0.15) is 5.26 Å². The van der Waals surface area contributed by atoms with Crippen LogP contribution in [0.15, 0.2) is 42.0 Å². The van der Waals surface area contributed by atoms with Crippen LogP contribution < -0.4 is 0 Å². The average molecular weight is 632 g/mol. The van der Waals surface area contributed by atoms with E-state index in [1.807, 2.05) is 50.3 Å². The van der Waals surface area contributed by atoms with E-state index in [2.05, 4.69) is 61.5 Å². The first-order valence-electron chi connectivity index (χ1n) is 17.6. The number of benzene rings is 1. The zero-order valence-corrected chi connectivity index (χ0v) is 30.8. The van der Waals surface area contributed by atoms with Gasteiger partial charge < -0.3 is 9.53 Å². The van der Waals surface area contributed by atoms with Crippen LogP contribution in [0.2, 0.25) is 0 Å². The Morgan fingerprint density at radius 2 is 1.57 bits per heavy atom. The fraction of sp³-hybridized carbons (Fsp3) is 0.707. The van der Waals surface area contributed by atoms with Crippen LogP contribution in [0.25, 0.3) is 0 Å². The predicted octanol–water partition coefficient (Wildman–Crippen LogP) is 10.2. The van der Waals surface area contributed by atoms with Crippen LogP contribution in [-0.2, 0) is 25.7 Å². The van der Waals surface area contributed by atoms with Gasteiger partial charge in [-0.3, -0.25) is 9.59 Å². The van der Waals surface area contributed by atoms with E-state index in [9.17, 15) is 19.6 Å². The topological polar surface area (TPSA) is 84.2 Å². The highest BCUT2D eigenvalue weighted by atomic mass is 16.5. The first-order valence-corrected chi connectivity index (χ1v) is 17.6. The molecule has 0 N–H and O–H groups in total. The Balaban J connectivity index is 1.97. The highest BCUT2D eigenvalue weighted by Gasteiger charge is 2.63. The minimum absolute atomic E-state index is 0.0388. The molecule has 0 unspecified atom stereocenters. The lowest BCUT2D eigenvalue weighted by Gasteiger charge is -2.64. The third-order valence-electron chi connectivity index (χ3n) is 12.8. The molecule has 1 saturated carbocycles. The molecule has 5 nitrogen and oxygen atoms in total. The average Bonchev–Trinajstić information content (AvgIpc) is 2.98. The van der Waals surface area contributed by atoms with Gasteiger partial charge in [0.15, 0.2) is 5.78 Å². The molecule has 0 amide bonds. The molecule has 5 atom stereocenters. The second kappa shape index (κ2) is 13.8. The van der Waals surface area contributed by atoms with E-state index in [4.69, 9.17) is 4.74 Å². The highest BCUT2D eigenvalue weighted by molar-refractivity contribution is 6.04. The van der Waals surface area contributed by atoms with Crippen molar-refractivity contribution in [2.75, 3.05) is 0 Å². The maximum absolute atomic E-state index is 14.0. The summed E-state index contributed by atoms with van der Waals surface area (Å²) < 4.78 is 6.02. The van der Waals surface area contributed by atoms with E-state index in [-0.39, 0.29) is 57.8 Å². The summed E-state index contributed by atoms with van der Waals surface area (Å²) in [5.41, 5.74) is -0.996. The van der Waals surface area contributed by atoms with E-state index in [1.165, 1.54) is 0 Å². The predicted molar refractivity (Wildman–Crippen MR) is 185 cm³/mol. The number of Topliss-reactive ketones (excluding diaryl/α,β-unsaturated/α-hetero) is 2. The van der Waals surface area contributed by atoms with Crippen LogP contribution in [0.5, 0.6) is 0 Å². The number of ketones is 2. The smallest absolute Gasteiger partial charge is 0.312 e. The molecule has 1 aromatic carbocycles. The Kier molecular flexibility index (Phi) is 11.3. The summed E-state index contributed by atoms with van der Waals surface area (Å²) in [6.45, 7) is 23.9. The number of hydrogen-bond acceptors (Lipinski definition) is 5. The summed E-state index contributed by atoms with van der Waals surface area (Å²) >= 11 is 0. The second-order valence-corrected chi connectivity index (χ2v) is 17.5. The Labute approximate surface area is 279 Å². The van der Waals surface area contributed by atoms with Gasteiger partial charge in [-0.25, -0.2) is 0 Å².